The Hall–Kier alpha value is -1.56. The van der Waals surface area contributed by atoms with Gasteiger partial charge in [-0.1, -0.05) is 66.2 Å². The van der Waals surface area contributed by atoms with Crippen molar-refractivity contribution in [1.29, 1.82) is 5.26 Å². The molecule has 7 atom stereocenters. The Balaban J connectivity index is 1.64. The highest BCUT2D eigenvalue weighted by Crippen LogP contribution is 2.75. The first-order chi connectivity index (χ1) is 16.2. The molecule has 0 saturated heterocycles. The van der Waals surface area contributed by atoms with Crippen molar-refractivity contribution in [2.45, 2.75) is 106 Å². The predicted molar refractivity (Wildman–Crippen MR) is 140 cm³/mol. The summed E-state index contributed by atoms with van der Waals surface area (Å²) in [5.41, 5.74) is 2.85. The molecule has 0 heterocycles. The van der Waals surface area contributed by atoms with Gasteiger partial charge in [-0.3, -0.25) is 4.79 Å². The van der Waals surface area contributed by atoms with E-state index in [1.165, 1.54) is 12.8 Å². The number of hydrogen-bond donors (Lipinski definition) is 0. The normalized spacial score (nSPS) is 47.5. The van der Waals surface area contributed by atoms with Crippen molar-refractivity contribution >= 4 is 5.97 Å². The maximum atomic E-state index is 13.4. The Kier molecular flexibility index (Phi) is 5.37. The minimum atomic E-state index is -0.308. The van der Waals surface area contributed by atoms with Gasteiger partial charge in [0.15, 0.2) is 0 Å². The Morgan fingerprint density at radius 1 is 1.00 bits per heavy atom. The highest BCUT2D eigenvalue weighted by molar-refractivity contribution is 5.77. The maximum absolute atomic E-state index is 13.4. The van der Waals surface area contributed by atoms with Gasteiger partial charge in [-0.15, -0.1) is 0 Å². The highest BCUT2D eigenvalue weighted by atomic mass is 16.5. The van der Waals surface area contributed by atoms with Crippen molar-refractivity contribution in [3.8, 4) is 6.07 Å². The van der Waals surface area contributed by atoms with E-state index >= 15 is 0 Å². The van der Waals surface area contributed by atoms with Gasteiger partial charge < -0.3 is 4.74 Å². The zero-order valence-electron chi connectivity index (χ0n) is 23.5. The Labute approximate surface area is 213 Å². The van der Waals surface area contributed by atoms with Gasteiger partial charge in [0.25, 0.3) is 0 Å². The lowest BCUT2D eigenvalue weighted by Crippen LogP contribution is -2.63. The summed E-state index contributed by atoms with van der Waals surface area (Å²) in [5, 5.41) is 9.93. The number of fused-ring (bicyclic) bond motifs is 7. The summed E-state index contributed by atoms with van der Waals surface area (Å²) in [6, 6.07) is 2.54. The first-order valence-corrected chi connectivity index (χ1v) is 14.1. The Morgan fingerprint density at radius 2 is 1.69 bits per heavy atom. The zero-order valence-corrected chi connectivity index (χ0v) is 23.5. The van der Waals surface area contributed by atoms with E-state index in [0.717, 1.165) is 50.5 Å². The topological polar surface area (TPSA) is 50.1 Å². The van der Waals surface area contributed by atoms with Gasteiger partial charge in [0.05, 0.1) is 18.6 Å². The maximum Gasteiger partial charge on any atom is 0.312 e. The predicted octanol–water partition coefficient (Wildman–Crippen LogP) is 8.02. The number of ether oxygens (including phenoxy) is 1. The molecule has 3 saturated carbocycles. The molecule has 5 rings (SSSR count). The van der Waals surface area contributed by atoms with Crippen molar-refractivity contribution in [3.63, 3.8) is 0 Å². The lowest BCUT2D eigenvalue weighted by Gasteiger charge is -2.69. The van der Waals surface area contributed by atoms with E-state index in [1.54, 1.807) is 12.7 Å². The van der Waals surface area contributed by atoms with Crippen LogP contribution in [-0.4, -0.2) is 13.1 Å². The van der Waals surface area contributed by atoms with Crippen LogP contribution in [0.15, 0.2) is 23.3 Å². The molecule has 3 nitrogen and oxygen atoms in total. The third-order valence-electron chi connectivity index (χ3n) is 12.6. The van der Waals surface area contributed by atoms with Crippen molar-refractivity contribution < 1.29 is 9.53 Å². The van der Waals surface area contributed by atoms with Gasteiger partial charge in [0, 0.05) is 11.0 Å². The van der Waals surface area contributed by atoms with Crippen molar-refractivity contribution in [2.24, 2.45) is 50.2 Å². The quantitative estimate of drug-likeness (QED) is 0.284. The van der Waals surface area contributed by atoms with E-state index < -0.39 is 0 Å². The van der Waals surface area contributed by atoms with E-state index in [1.807, 2.05) is 0 Å². The number of carbonyl (C=O) groups excluding carboxylic acids is 1. The smallest absolute Gasteiger partial charge is 0.312 e. The van der Waals surface area contributed by atoms with Crippen LogP contribution in [0.1, 0.15) is 106 Å². The van der Waals surface area contributed by atoms with Gasteiger partial charge in [-0.05, 0) is 97.2 Å². The Morgan fingerprint density at radius 3 is 2.34 bits per heavy atom. The minimum Gasteiger partial charge on any atom is -0.469 e. The second-order valence-electron chi connectivity index (χ2n) is 15.2. The molecule has 0 spiro atoms. The molecule has 5 aliphatic carbocycles. The fourth-order valence-electron chi connectivity index (χ4n) is 10.7. The molecule has 35 heavy (non-hydrogen) atoms. The SMILES string of the molecule is COC(=O)C12CCC(C)(C)CC1C1CC=C3C4(C)C=C(C#N)CC(C)(C)C4CCC3(C)C1(C)CC2. The van der Waals surface area contributed by atoms with Crippen LogP contribution >= 0.6 is 0 Å². The van der Waals surface area contributed by atoms with E-state index in [-0.39, 0.29) is 38.5 Å². The molecule has 0 N–H and O–H groups in total. The molecule has 0 bridgehead atoms. The van der Waals surface area contributed by atoms with Crippen molar-refractivity contribution in [3.05, 3.63) is 23.3 Å². The first-order valence-electron chi connectivity index (χ1n) is 14.1. The van der Waals surface area contributed by atoms with Crippen LogP contribution in [0.5, 0.6) is 0 Å². The molecule has 3 fully saturated rings. The summed E-state index contributed by atoms with van der Waals surface area (Å²) >= 11 is 0. The van der Waals surface area contributed by atoms with Gasteiger partial charge in [-0.2, -0.15) is 5.26 Å². The summed E-state index contributed by atoms with van der Waals surface area (Å²) in [7, 11) is 1.59. The number of nitrogens with zero attached hydrogens (tertiary/aromatic N) is 1. The van der Waals surface area contributed by atoms with Crippen LogP contribution in [0, 0.1) is 61.6 Å². The number of hydrogen-bond acceptors (Lipinski definition) is 3. The summed E-state index contributed by atoms with van der Waals surface area (Å²) in [4.78, 5) is 13.4. The van der Waals surface area contributed by atoms with E-state index in [2.05, 4.69) is 66.7 Å². The van der Waals surface area contributed by atoms with Crippen molar-refractivity contribution in [1.82, 2.24) is 0 Å². The van der Waals surface area contributed by atoms with Crippen molar-refractivity contribution in [2.75, 3.05) is 7.11 Å². The van der Waals surface area contributed by atoms with Crippen LogP contribution < -0.4 is 0 Å². The molecular formula is C32H47NO2. The van der Waals surface area contributed by atoms with Crippen LogP contribution in [0.25, 0.3) is 0 Å². The second-order valence-corrected chi connectivity index (χ2v) is 15.2. The fraction of sp³-hybridized carbons (Fsp3) is 0.812. The molecule has 0 aromatic heterocycles. The summed E-state index contributed by atoms with van der Waals surface area (Å²) in [6.07, 6.45) is 14.6. The number of carbonyl (C=O) groups is 1. The molecule has 192 valence electrons. The lowest BCUT2D eigenvalue weighted by atomic mass is 9.34. The average molecular weight is 478 g/mol. The molecule has 0 aromatic rings. The summed E-state index contributed by atoms with van der Waals surface area (Å²) in [6.45, 7) is 17.1. The average Bonchev–Trinajstić information content (AvgIpc) is 2.77. The molecular weight excluding hydrogens is 430 g/mol. The number of allylic oxidation sites excluding steroid dienone is 4. The number of esters is 1. The standard InChI is InChI=1S/C32H47NO2/c1-27(2)13-15-32(26(34)35-8)16-14-30(6)22(23(32)19-27)9-10-25-29(5)18-21(20-33)17-28(3,4)24(29)11-12-31(25,30)7/h10,18,22-24H,9,11-17,19H2,1-8H3. The largest absolute Gasteiger partial charge is 0.469 e. The molecule has 3 heteroatoms. The monoisotopic (exact) mass is 477 g/mol. The van der Waals surface area contributed by atoms with Crippen LogP contribution in [0.3, 0.4) is 0 Å². The molecule has 7 unspecified atom stereocenters. The minimum absolute atomic E-state index is 0.0475. The number of rotatable bonds is 1. The van der Waals surface area contributed by atoms with Crippen LogP contribution in [-0.2, 0) is 9.53 Å². The number of nitriles is 1. The molecule has 0 amide bonds. The third kappa shape index (κ3) is 3.17. The lowest BCUT2D eigenvalue weighted by molar-refractivity contribution is -0.190. The Bertz CT molecular complexity index is 1040. The fourth-order valence-corrected chi connectivity index (χ4v) is 10.7. The van der Waals surface area contributed by atoms with Crippen LogP contribution in [0.4, 0.5) is 0 Å². The van der Waals surface area contributed by atoms with Gasteiger partial charge in [0.2, 0.25) is 0 Å². The van der Waals surface area contributed by atoms with E-state index in [0.29, 0.717) is 17.8 Å². The molecule has 0 aromatic carbocycles. The van der Waals surface area contributed by atoms with Gasteiger partial charge >= 0.3 is 5.97 Å². The first kappa shape index (κ1) is 25.1. The van der Waals surface area contributed by atoms with Crippen LogP contribution in [0.2, 0.25) is 0 Å². The van der Waals surface area contributed by atoms with Gasteiger partial charge in [0.1, 0.15) is 0 Å². The van der Waals surface area contributed by atoms with Gasteiger partial charge in [-0.25, -0.2) is 0 Å². The molecule has 0 radical (unpaired) electrons. The number of methoxy groups -OCH3 is 1. The third-order valence-corrected chi connectivity index (χ3v) is 12.6. The van der Waals surface area contributed by atoms with E-state index in [9.17, 15) is 10.1 Å². The molecule has 0 aliphatic heterocycles. The highest BCUT2D eigenvalue weighted by Gasteiger charge is 2.68. The second kappa shape index (κ2) is 7.49. The molecule has 5 aliphatic rings. The zero-order chi connectivity index (χ0) is 25.7. The summed E-state index contributed by atoms with van der Waals surface area (Å²) in [5.74, 6) is 1.50. The summed E-state index contributed by atoms with van der Waals surface area (Å²) < 4.78 is 5.50. The van der Waals surface area contributed by atoms with E-state index in [4.69, 9.17) is 4.74 Å².